The van der Waals surface area contributed by atoms with Gasteiger partial charge in [-0.1, -0.05) is 24.3 Å². The fourth-order valence-corrected chi connectivity index (χ4v) is 1.58. The van der Waals surface area contributed by atoms with Crippen LogP contribution in [-0.2, 0) is 12.4 Å². The van der Waals surface area contributed by atoms with Crippen LogP contribution in [0, 0.1) is 0 Å². The van der Waals surface area contributed by atoms with Crippen molar-refractivity contribution in [2.24, 2.45) is 0 Å². The second-order valence-corrected chi connectivity index (χ2v) is 3.68. The zero-order chi connectivity index (χ0) is 11.2. The highest BCUT2D eigenvalue weighted by molar-refractivity contribution is 6.17. The lowest BCUT2D eigenvalue weighted by Crippen LogP contribution is -2.01. The Labute approximate surface area is 99.5 Å². The Kier molecular flexibility index (Phi) is 3.72. The van der Waals surface area contributed by atoms with Gasteiger partial charge in [0.25, 0.3) is 0 Å². The maximum atomic E-state index is 5.77. The molecule has 16 heavy (non-hydrogen) atoms. The largest absolute Gasteiger partial charge is 0.365 e. The van der Waals surface area contributed by atoms with Crippen molar-refractivity contribution < 1.29 is 0 Å². The van der Waals surface area contributed by atoms with Crippen molar-refractivity contribution in [3.63, 3.8) is 0 Å². The van der Waals surface area contributed by atoms with Gasteiger partial charge in [0.15, 0.2) is 0 Å². The van der Waals surface area contributed by atoms with Crippen LogP contribution in [0.1, 0.15) is 11.1 Å². The van der Waals surface area contributed by atoms with E-state index in [9.17, 15) is 0 Å². The Bertz CT molecular complexity index is 445. The van der Waals surface area contributed by atoms with Crippen LogP contribution in [-0.4, -0.2) is 10.2 Å². The summed E-state index contributed by atoms with van der Waals surface area (Å²) in [6.07, 6.45) is 1.65. The van der Waals surface area contributed by atoms with E-state index >= 15 is 0 Å². The summed E-state index contributed by atoms with van der Waals surface area (Å²) in [5.74, 6) is 1.32. The quantitative estimate of drug-likeness (QED) is 0.826. The van der Waals surface area contributed by atoms with Crippen molar-refractivity contribution in [1.82, 2.24) is 10.2 Å². The fraction of sp³-hybridized carbons (Fsp3) is 0.167. The summed E-state index contributed by atoms with van der Waals surface area (Å²) >= 11 is 5.77. The van der Waals surface area contributed by atoms with Gasteiger partial charge in [0.05, 0.1) is 0 Å². The van der Waals surface area contributed by atoms with Gasteiger partial charge in [0, 0.05) is 18.6 Å². The molecule has 1 N–H and O–H groups in total. The number of nitrogens with one attached hydrogen (secondary N) is 1. The molecule has 0 spiro atoms. The Balaban J connectivity index is 1.99. The highest BCUT2D eigenvalue weighted by Gasteiger charge is 1.96. The van der Waals surface area contributed by atoms with Crippen molar-refractivity contribution in [2.45, 2.75) is 12.4 Å². The average molecular weight is 234 g/mol. The number of rotatable bonds is 4. The van der Waals surface area contributed by atoms with E-state index in [2.05, 4.69) is 27.6 Å². The molecule has 2 aromatic rings. The van der Waals surface area contributed by atoms with Gasteiger partial charge < -0.3 is 5.32 Å². The number of hydrogen-bond acceptors (Lipinski definition) is 3. The Hall–Kier alpha value is -1.61. The molecule has 0 radical (unpaired) electrons. The molecule has 0 aliphatic carbocycles. The molecule has 0 unspecified atom stereocenters. The fourth-order valence-electron chi connectivity index (χ4n) is 1.41. The summed E-state index contributed by atoms with van der Waals surface area (Å²) in [6, 6.07) is 11.9. The zero-order valence-corrected chi connectivity index (χ0v) is 9.48. The highest BCUT2D eigenvalue weighted by atomic mass is 35.5. The first-order chi connectivity index (χ1) is 7.88. The second kappa shape index (κ2) is 5.47. The monoisotopic (exact) mass is 233 g/mol. The van der Waals surface area contributed by atoms with Gasteiger partial charge in [-0.15, -0.1) is 16.7 Å². The molecule has 0 bridgehead atoms. The van der Waals surface area contributed by atoms with Crippen molar-refractivity contribution in [3.05, 3.63) is 53.7 Å². The van der Waals surface area contributed by atoms with E-state index in [4.69, 9.17) is 11.6 Å². The molecule has 3 nitrogen and oxygen atoms in total. The lowest BCUT2D eigenvalue weighted by molar-refractivity contribution is 0.999. The molecule has 0 saturated heterocycles. The van der Waals surface area contributed by atoms with E-state index in [1.54, 1.807) is 6.20 Å². The number of hydrogen-bond donors (Lipinski definition) is 1. The Morgan fingerprint density at radius 1 is 1.12 bits per heavy atom. The molecule has 1 aromatic carbocycles. The minimum Gasteiger partial charge on any atom is -0.365 e. The minimum absolute atomic E-state index is 0.541. The molecule has 0 saturated carbocycles. The third-order valence-corrected chi connectivity index (χ3v) is 2.50. The molecule has 1 heterocycles. The average Bonchev–Trinajstić information content (AvgIpc) is 2.38. The van der Waals surface area contributed by atoms with Crippen LogP contribution in [0.3, 0.4) is 0 Å². The van der Waals surface area contributed by atoms with Crippen molar-refractivity contribution in [1.29, 1.82) is 0 Å². The van der Waals surface area contributed by atoms with Gasteiger partial charge in [-0.2, -0.15) is 5.10 Å². The number of halogens is 1. The number of anilines is 1. The molecular formula is C12H12ClN3. The topological polar surface area (TPSA) is 37.8 Å². The lowest BCUT2D eigenvalue weighted by atomic mass is 10.1. The maximum absolute atomic E-state index is 5.77. The molecule has 0 aliphatic rings. The summed E-state index contributed by atoms with van der Waals surface area (Å²) in [4.78, 5) is 0. The lowest BCUT2D eigenvalue weighted by Gasteiger charge is -2.05. The molecular weight excluding hydrogens is 222 g/mol. The van der Waals surface area contributed by atoms with Crippen LogP contribution >= 0.6 is 11.6 Å². The van der Waals surface area contributed by atoms with Gasteiger partial charge >= 0.3 is 0 Å². The summed E-state index contributed by atoms with van der Waals surface area (Å²) < 4.78 is 0. The molecule has 0 fully saturated rings. The molecule has 2 rings (SSSR count). The normalized spacial score (nSPS) is 10.1. The predicted octanol–water partition coefficient (Wildman–Crippen LogP) is 2.83. The van der Waals surface area contributed by atoms with Gasteiger partial charge in [-0.05, 0) is 23.3 Å². The van der Waals surface area contributed by atoms with Crippen molar-refractivity contribution in [3.8, 4) is 0 Å². The first-order valence-electron chi connectivity index (χ1n) is 5.04. The molecule has 0 amide bonds. The van der Waals surface area contributed by atoms with Crippen LogP contribution in [0.25, 0.3) is 0 Å². The smallest absolute Gasteiger partial charge is 0.148 e. The molecule has 82 valence electrons. The number of nitrogens with zero attached hydrogens (tertiary/aromatic N) is 2. The zero-order valence-electron chi connectivity index (χ0n) is 8.73. The summed E-state index contributed by atoms with van der Waals surface area (Å²) in [7, 11) is 0. The summed E-state index contributed by atoms with van der Waals surface area (Å²) in [5.41, 5.74) is 2.31. The van der Waals surface area contributed by atoms with Crippen molar-refractivity contribution in [2.75, 3.05) is 5.32 Å². The highest BCUT2D eigenvalue weighted by Crippen LogP contribution is 2.09. The Morgan fingerprint density at radius 2 is 2.00 bits per heavy atom. The third kappa shape index (κ3) is 2.94. The molecule has 1 aromatic heterocycles. The summed E-state index contributed by atoms with van der Waals surface area (Å²) in [5, 5.41) is 10.9. The van der Waals surface area contributed by atoms with Crippen molar-refractivity contribution >= 4 is 17.4 Å². The van der Waals surface area contributed by atoms with Gasteiger partial charge in [0.1, 0.15) is 5.82 Å². The van der Waals surface area contributed by atoms with Crippen LogP contribution in [0.4, 0.5) is 5.82 Å². The van der Waals surface area contributed by atoms with E-state index in [0.29, 0.717) is 5.88 Å². The number of benzene rings is 1. The minimum atomic E-state index is 0.541. The molecule has 4 heteroatoms. The molecule has 0 aliphatic heterocycles. The first kappa shape index (κ1) is 10.9. The Morgan fingerprint density at radius 3 is 2.75 bits per heavy atom. The van der Waals surface area contributed by atoms with E-state index < -0.39 is 0 Å². The third-order valence-electron chi connectivity index (χ3n) is 2.19. The number of alkyl halides is 1. The van der Waals surface area contributed by atoms with Crippen LogP contribution in [0.15, 0.2) is 42.6 Å². The van der Waals surface area contributed by atoms with Crippen LogP contribution in [0.5, 0.6) is 0 Å². The standard InChI is InChI=1S/C12H12ClN3/c13-8-10-3-1-4-11(7-10)9-14-12-5-2-6-15-16-12/h1-7H,8-9H2,(H,14,16). The van der Waals surface area contributed by atoms with Gasteiger partial charge in [-0.3, -0.25) is 0 Å². The first-order valence-corrected chi connectivity index (χ1v) is 5.57. The van der Waals surface area contributed by atoms with Gasteiger partial charge in [-0.25, -0.2) is 0 Å². The number of aromatic nitrogens is 2. The van der Waals surface area contributed by atoms with E-state index in [-0.39, 0.29) is 0 Å². The van der Waals surface area contributed by atoms with Gasteiger partial charge in [0.2, 0.25) is 0 Å². The van der Waals surface area contributed by atoms with E-state index in [1.165, 1.54) is 5.56 Å². The predicted molar refractivity (Wildman–Crippen MR) is 65.4 cm³/mol. The van der Waals surface area contributed by atoms with Crippen LogP contribution < -0.4 is 5.32 Å². The van der Waals surface area contributed by atoms with Crippen LogP contribution in [0.2, 0.25) is 0 Å². The second-order valence-electron chi connectivity index (χ2n) is 3.42. The maximum Gasteiger partial charge on any atom is 0.148 e. The SMILES string of the molecule is ClCc1cccc(CNc2cccnn2)c1. The van der Waals surface area contributed by atoms with E-state index in [1.807, 2.05) is 24.3 Å². The summed E-state index contributed by atoms with van der Waals surface area (Å²) in [6.45, 7) is 0.726. The van der Waals surface area contributed by atoms with E-state index in [0.717, 1.165) is 17.9 Å². The molecule has 0 atom stereocenters.